The van der Waals surface area contributed by atoms with Gasteiger partial charge in [0.25, 0.3) is 0 Å². The Bertz CT molecular complexity index is 370. The molecule has 13 heavy (non-hydrogen) atoms. The zero-order chi connectivity index (χ0) is 9.26. The number of aromatic nitrogens is 2. The van der Waals surface area contributed by atoms with Crippen LogP contribution >= 0.6 is 0 Å². The van der Waals surface area contributed by atoms with Crippen molar-refractivity contribution in [2.24, 2.45) is 0 Å². The second-order valence-corrected chi connectivity index (χ2v) is 3.45. The maximum absolute atomic E-state index is 4.53. The summed E-state index contributed by atoms with van der Waals surface area (Å²) in [6.45, 7) is 4.37. The number of aromatic amines is 1. The number of nitrogens with one attached hydrogen (secondary N) is 1. The zero-order valence-electron chi connectivity index (χ0n) is 8.04. The lowest BCUT2D eigenvalue weighted by molar-refractivity contribution is 0.692. The van der Waals surface area contributed by atoms with E-state index in [-0.39, 0.29) is 0 Å². The van der Waals surface area contributed by atoms with Gasteiger partial charge in [0.2, 0.25) is 0 Å². The molecule has 0 aliphatic heterocycles. The molecule has 2 heteroatoms. The summed E-state index contributed by atoms with van der Waals surface area (Å²) in [5.74, 6) is 1.62. The van der Waals surface area contributed by atoms with Gasteiger partial charge in [0.05, 0.1) is 11.0 Å². The van der Waals surface area contributed by atoms with Gasteiger partial charge < -0.3 is 4.98 Å². The second-order valence-electron chi connectivity index (χ2n) is 3.45. The molecule has 0 fully saturated rings. The lowest BCUT2D eigenvalue weighted by Gasteiger charge is -2.01. The number of hydrogen-bond acceptors (Lipinski definition) is 1. The molecule has 1 aromatic heterocycles. The van der Waals surface area contributed by atoms with Crippen molar-refractivity contribution < 1.29 is 0 Å². The quantitative estimate of drug-likeness (QED) is 0.744. The van der Waals surface area contributed by atoms with Crippen LogP contribution in [0.3, 0.4) is 0 Å². The molecule has 0 saturated heterocycles. The highest BCUT2D eigenvalue weighted by atomic mass is 14.9. The van der Waals surface area contributed by atoms with Crippen LogP contribution in [0, 0.1) is 0 Å². The highest BCUT2D eigenvalue weighted by molar-refractivity contribution is 5.74. The third kappa shape index (κ3) is 1.44. The van der Waals surface area contributed by atoms with E-state index in [4.69, 9.17) is 0 Å². The van der Waals surface area contributed by atoms with E-state index in [0.717, 1.165) is 23.3 Å². The SMILES string of the molecule is CCC(C)c1nc2ccccc2[nH]1. The van der Waals surface area contributed by atoms with Gasteiger partial charge in [-0.25, -0.2) is 4.98 Å². The predicted octanol–water partition coefficient (Wildman–Crippen LogP) is 3.08. The minimum absolute atomic E-state index is 0.521. The lowest BCUT2D eigenvalue weighted by Crippen LogP contribution is -1.92. The number of H-pyrrole nitrogens is 1. The number of hydrogen-bond donors (Lipinski definition) is 1. The fourth-order valence-corrected chi connectivity index (χ4v) is 1.40. The summed E-state index contributed by atoms with van der Waals surface area (Å²) in [7, 11) is 0. The molecule has 1 aromatic carbocycles. The zero-order valence-corrected chi connectivity index (χ0v) is 8.04. The number of benzene rings is 1. The van der Waals surface area contributed by atoms with Crippen LogP contribution in [0.5, 0.6) is 0 Å². The molecule has 0 amide bonds. The van der Waals surface area contributed by atoms with E-state index < -0.39 is 0 Å². The first-order chi connectivity index (χ1) is 6.31. The summed E-state index contributed by atoms with van der Waals surface area (Å²) >= 11 is 0. The van der Waals surface area contributed by atoms with Crippen molar-refractivity contribution in [3.63, 3.8) is 0 Å². The average Bonchev–Trinajstić information content (AvgIpc) is 2.59. The van der Waals surface area contributed by atoms with Crippen LogP contribution in [0.2, 0.25) is 0 Å². The van der Waals surface area contributed by atoms with Crippen LogP contribution in [0.25, 0.3) is 11.0 Å². The number of para-hydroxylation sites is 2. The first-order valence-corrected chi connectivity index (χ1v) is 4.76. The summed E-state index contributed by atoms with van der Waals surface area (Å²) in [4.78, 5) is 7.86. The predicted molar refractivity (Wildman–Crippen MR) is 54.8 cm³/mol. The van der Waals surface area contributed by atoms with Crippen LogP contribution in [0.1, 0.15) is 32.0 Å². The van der Waals surface area contributed by atoms with E-state index in [9.17, 15) is 0 Å². The van der Waals surface area contributed by atoms with Gasteiger partial charge in [0.1, 0.15) is 5.82 Å². The molecule has 0 aliphatic carbocycles. The minimum Gasteiger partial charge on any atom is -0.342 e. The number of fused-ring (bicyclic) bond motifs is 1. The molecule has 0 spiro atoms. The van der Waals surface area contributed by atoms with Crippen LogP contribution < -0.4 is 0 Å². The molecular formula is C11H14N2. The molecule has 0 saturated carbocycles. The van der Waals surface area contributed by atoms with Crippen molar-refractivity contribution in [1.82, 2.24) is 9.97 Å². The Morgan fingerprint density at radius 3 is 2.85 bits per heavy atom. The Balaban J connectivity index is 2.49. The molecule has 2 nitrogen and oxygen atoms in total. The summed E-state index contributed by atoms with van der Waals surface area (Å²) in [5.41, 5.74) is 2.20. The van der Waals surface area contributed by atoms with E-state index in [1.165, 1.54) is 0 Å². The Morgan fingerprint density at radius 2 is 2.15 bits per heavy atom. The van der Waals surface area contributed by atoms with Crippen LogP contribution in [0.4, 0.5) is 0 Å². The molecule has 1 unspecified atom stereocenters. The summed E-state index contributed by atoms with van der Waals surface area (Å²) < 4.78 is 0. The fourth-order valence-electron chi connectivity index (χ4n) is 1.40. The smallest absolute Gasteiger partial charge is 0.110 e. The molecular weight excluding hydrogens is 160 g/mol. The molecule has 0 bridgehead atoms. The Morgan fingerprint density at radius 1 is 1.38 bits per heavy atom. The summed E-state index contributed by atoms with van der Waals surface area (Å²) in [5, 5.41) is 0. The fraction of sp³-hybridized carbons (Fsp3) is 0.364. The van der Waals surface area contributed by atoms with Crippen molar-refractivity contribution in [2.45, 2.75) is 26.2 Å². The molecule has 1 atom stereocenters. The maximum atomic E-state index is 4.53. The summed E-state index contributed by atoms with van der Waals surface area (Å²) in [6.07, 6.45) is 1.12. The normalized spacial score (nSPS) is 13.4. The van der Waals surface area contributed by atoms with Gasteiger partial charge in [-0.3, -0.25) is 0 Å². The van der Waals surface area contributed by atoms with Crippen molar-refractivity contribution in [2.75, 3.05) is 0 Å². The van der Waals surface area contributed by atoms with Gasteiger partial charge in [0, 0.05) is 5.92 Å². The van der Waals surface area contributed by atoms with Gasteiger partial charge >= 0.3 is 0 Å². The maximum Gasteiger partial charge on any atom is 0.110 e. The lowest BCUT2D eigenvalue weighted by atomic mass is 10.1. The van der Waals surface area contributed by atoms with Gasteiger partial charge in [-0.05, 0) is 18.6 Å². The van der Waals surface area contributed by atoms with Crippen molar-refractivity contribution in [1.29, 1.82) is 0 Å². The monoisotopic (exact) mass is 174 g/mol. The van der Waals surface area contributed by atoms with Crippen molar-refractivity contribution >= 4 is 11.0 Å². The van der Waals surface area contributed by atoms with Gasteiger partial charge in [-0.2, -0.15) is 0 Å². The first kappa shape index (κ1) is 8.30. The van der Waals surface area contributed by atoms with Gasteiger partial charge in [-0.15, -0.1) is 0 Å². The highest BCUT2D eigenvalue weighted by Gasteiger charge is 2.07. The second kappa shape index (κ2) is 3.21. The van der Waals surface area contributed by atoms with E-state index in [2.05, 4.69) is 29.9 Å². The van der Waals surface area contributed by atoms with Crippen molar-refractivity contribution in [3.8, 4) is 0 Å². The molecule has 0 radical (unpaired) electrons. The Kier molecular flexibility index (Phi) is 2.05. The molecule has 0 aliphatic rings. The molecule has 1 N–H and O–H groups in total. The first-order valence-electron chi connectivity index (χ1n) is 4.76. The van der Waals surface area contributed by atoms with Crippen molar-refractivity contribution in [3.05, 3.63) is 30.1 Å². The third-order valence-corrected chi connectivity index (χ3v) is 2.49. The summed E-state index contributed by atoms with van der Waals surface area (Å²) in [6, 6.07) is 8.15. The highest BCUT2D eigenvalue weighted by Crippen LogP contribution is 2.18. The average molecular weight is 174 g/mol. The number of imidazole rings is 1. The van der Waals surface area contributed by atoms with Crippen LogP contribution in [-0.4, -0.2) is 9.97 Å². The van der Waals surface area contributed by atoms with E-state index >= 15 is 0 Å². The molecule has 68 valence electrons. The topological polar surface area (TPSA) is 28.7 Å². The molecule has 2 rings (SSSR count). The van der Waals surface area contributed by atoms with E-state index in [1.54, 1.807) is 0 Å². The minimum atomic E-state index is 0.521. The molecule has 1 heterocycles. The van der Waals surface area contributed by atoms with Crippen LogP contribution in [-0.2, 0) is 0 Å². The Labute approximate surface area is 78.0 Å². The van der Waals surface area contributed by atoms with E-state index in [1.807, 2.05) is 18.2 Å². The third-order valence-electron chi connectivity index (χ3n) is 2.49. The number of rotatable bonds is 2. The van der Waals surface area contributed by atoms with Crippen LogP contribution in [0.15, 0.2) is 24.3 Å². The van der Waals surface area contributed by atoms with Gasteiger partial charge in [-0.1, -0.05) is 26.0 Å². The Hall–Kier alpha value is -1.31. The van der Waals surface area contributed by atoms with E-state index in [0.29, 0.717) is 5.92 Å². The standard InChI is InChI=1S/C11H14N2/c1-3-8(2)11-12-9-6-4-5-7-10(9)13-11/h4-8H,3H2,1-2H3,(H,12,13). The molecule has 2 aromatic rings. The van der Waals surface area contributed by atoms with Gasteiger partial charge in [0.15, 0.2) is 0 Å². The number of nitrogens with zero attached hydrogens (tertiary/aromatic N) is 1. The largest absolute Gasteiger partial charge is 0.342 e.